The zero-order chi connectivity index (χ0) is 14.2. The largest absolute Gasteiger partial charge is 0.399 e. The molecule has 1 fully saturated rings. The molecule has 2 aromatic carbocycles. The number of hydrogen-bond donors (Lipinski definition) is 2. The molecule has 1 saturated carbocycles. The van der Waals surface area contributed by atoms with Crippen LogP contribution in [0.1, 0.15) is 18.4 Å². The van der Waals surface area contributed by atoms with Gasteiger partial charge in [0.1, 0.15) is 5.82 Å². The molecular formula is C16H15FN2O. The van der Waals surface area contributed by atoms with Gasteiger partial charge >= 0.3 is 0 Å². The number of carbonyl (C=O) groups excluding carboxylic acids is 1. The van der Waals surface area contributed by atoms with Crippen molar-refractivity contribution in [2.24, 2.45) is 0 Å². The van der Waals surface area contributed by atoms with Crippen molar-refractivity contribution in [2.75, 3.05) is 11.1 Å². The second kappa shape index (κ2) is 4.63. The van der Waals surface area contributed by atoms with Crippen LogP contribution in [0.5, 0.6) is 0 Å². The zero-order valence-electron chi connectivity index (χ0n) is 10.9. The Kier molecular flexibility index (Phi) is 2.93. The van der Waals surface area contributed by atoms with Gasteiger partial charge in [0.25, 0.3) is 0 Å². The van der Waals surface area contributed by atoms with Crippen LogP contribution >= 0.6 is 0 Å². The van der Waals surface area contributed by atoms with Crippen LogP contribution in [0.15, 0.2) is 48.5 Å². The molecule has 3 N–H and O–H groups in total. The standard InChI is InChI=1S/C16H15FN2O/c17-13-3-1-2-4-14(13)19-15(20)16(9-10-16)11-5-7-12(18)8-6-11/h1-8H,9-10,18H2,(H,19,20). The molecule has 0 unspecified atom stereocenters. The van der Waals surface area contributed by atoms with E-state index in [0.717, 1.165) is 18.4 Å². The van der Waals surface area contributed by atoms with E-state index in [4.69, 9.17) is 5.73 Å². The Hall–Kier alpha value is -2.36. The maximum absolute atomic E-state index is 13.6. The Bertz CT molecular complexity index is 648. The van der Waals surface area contributed by atoms with Crippen LogP contribution < -0.4 is 11.1 Å². The molecule has 0 spiro atoms. The summed E-state index contributed by atoms with van der Waals surface area (Å²) in [5.41, 5.74) is 6.95. The molecule has 1 aliphatic carbocycles. The topological polar surface area (TPSA) is 55.1 Å². The number of anilines is 2. The molecule has 4 heteroatoms. The Morgan fingerprint density at radius 2 is 1.75 bits per heavy atom. The van der Waals surface area contributed by atoms with E-state index in [-0.39, 0.29) is 11.6 Å². The third kappa shape index (κ3) is 2.13. The van der Waals surface area contributed by atoms with Gasteiger partial charge in [-0.05, 0) is 42.7 Å². The quantitative estimate of drug-likeness (QED) is 0.842. The first-order chi connectivity index (χ1) is 9.62. The molecule has 1 amide bonds. The van der Waals surface area contributed by atoms with Gasteiger partial charge in [-0.1, -0.05) is 24.3 Å². The Balaban J connectivity index is 1.84. The molecule has 1 aliphatic rings. The van der Waals surface area contributed by atoms with Crippen LogP contribution in [0.3, 0.4) is 0 Å². The van der Waals surface area contributed by atoms with Crippen molar-refractivity contribution in [1.29, 1.82) is 0 Å². The Morgan fingerprint density at radius 1 is 1.10 bits per heavy atom. The first-order valence-corrected chi connectivity index (χ1v) is 6.54. The predicted molar refractivity (Wildman–Crippen MR) is 76.8 cm³/mol. The van der Waals surface area contributed by atoms with Crippen molar-refractivity contribution >= 4 is 17.3 Å². The molecule has 3 rings (SSSR count). The Labute approximate surface area is 116 Å². The lowest BCUT2D eigenvalue weighted by Crippen LogP contribution is -2.28. The lowest BCUT2D eigenvalue weighted by molar-refractivity contribution is -0.118. The summed E-state index contributed by atoms with van der Waals surface area (Å²) in [5.74, 6) is -0.582. The van der Waals surface area contributed by atoms with Crippen molar-refractivity contribution in [3.63, 3.8) is 0 Å². The summed E-state index contributed by atoms with van der Waals surface area (Å²) in [6.45, 7) is 0. The van der Waals surface area contributed by atoms with E-state index >= 15 is 0 Å². The van der Waals surface area contributed by atoms with Gasteiger partial charge in [0.15, 0.2) is 0 Å². The van der Waals surface area contributed by atoms with Crippen LogP contribution in [-0.4, -0.2) is 5.91 Å². The maximum Gasteiger partial charge on any atom is 0.235 e. The molecule has 20 heavy (non-hydrogen) atoms. The van der Waals surface area contributed by atoms with Crippen LogP contribution in [0, 0.1) is 5.82 Å². The van der Waals surface area contributed by atoms with Gasteiger partial charge in [-0.3, -0.25) is 4.79 Å². The molecule has 0 bridgehead atoms. The number of amides is 1. The van der Waals surface area contributed by atoms with Crippen molar-refractivity contribution in [3.05, 3.63) is 59.9 Å². The van der Waals surface area contributed by atoms with E-state index in [9.17, 15) is 9.18 Å². The number of rotatable bonds is 3. The highest BCUT2D eigenvalue weighted by atomic mass is 19.1. The molecule has 2 aromatic rings. The first-order valence-electron chi connectivity index (χ1n) is 6.54. The van der Waals surface area contributed by atoms with Gasteiger partial charge < -0.3 is 11.1 Å². The van der Waals surface area contributed by atoms with Crippen LogP contribution in [0.2, 0.25) is 0 Å². The van der Waals surface area contributed by atoms with E-state index in [1.807, 2.05) is 12.1 Å². The number of benzene rings is 2. The number of para-hydroxylation sites is 1. The number of halogens is 1. The summed E-state index contributed by atoms with van der Waals surface area (Å²) in [6.07, 6.45) is 1.55. The SMILES string of the molecule is Nc1ccc(C2(C(=O)Nc3ccccc3F)CC2)cc1. The third-order valence-corrected chi connectivity index (χ3v) is 3.77. The second-order valence-electron chi connectivity index (χ2n) is 5.14. The van der Waals surface area contributed by atoms with Gasteiger partial charge in [-0.2, -0.15) is 0 Å². The van der Waals surface area contributed by atoms with Crippen LogP contribution in [-0.2, 0) is 10.2 Å². The summed E-state index contributed by atoms with van der Waals surface area (Å²) in [5, 5.41) is 2.68. The molecule has 0 aromatic heterocycles. The molecule has 3 nitrogen and oxygen atoms in total. The average molecular weight is 270 g/mol. The van der Waals surface area contributed by atoms with E-state index in [2.05, 4.69) is 5.32 Å². The molecule has 102 valence electrons. The van der Waals surface area contributed by atoms with E-state index in [1.54, 1.807) is 30.3 Å². The zero-order valence-corrected chi connectivity index (χ0v) is 10.9. The number of nitrogens with one attached hydrogen (secondary N) is 1. The average Bonchev–Trinajstić information content (AvgIpc) is 3.24. The molecule has 0 atom stereocenters. The van der Waals surface area contributed by atoms with E-state index in [1.165, 1.54) is 6.07 Å². The minimum Gasteiger partial charge on any atom is -0.399 e. The van der Waals surface area contributed by atoms with Crippen molar-refractivity contribution < 1.29 is 9.18 Å². The highest BCUT2D eigenvalue weighted by Gasteiger charge is 2.51. The number of nitrogen functional groups attached to an aromatic ring is 1. The first kappa shape index (κ1) is 12.7. The normalized spacial score (nSPS) is 15.7. The van der Waals surface area contributed by atoms with Crippen molar-refractivity contribution in [3.8, 4) is 0 Å². The Morgan fingerprint density at radius 3 is 2.35 bits per heavy atom. The number of nitrogens with two attached hydrogens (primary N) is 1. The summed E-state index contributed by atoms with van der Waals surface area (Å²) in [6, 6.07) is 13.5. The van der Waals surface area contributed by atoms with E-state index < -0.39 is 11.2 Å². The summed E-state index contributed by atoms with van der Waals surface area (Å²) >= 11 is 0. The smallest absolute Gasteiger partial charge is 0.235 e. The maximum atomic E-state index is 13.6. The lowest BCUT2D eigenvalue weighted by atomic mass is 9.94. The second-order valence-corrected chi connectivity index (χ2v) is 5.14. The van der Waals surface area contributed by atoms with Crippen LogP contribution in [0.25, 0.3) is 0 Å². The predicted octanol–water partition coefficient (Wildman–Crippen LogP) is 3.08. The van der Waals surface area contributed by atoms with Gasteiger partial charge in [0, 0.05) is 5.69 Å². The van der Waals surface area contributed by atoms with Crippen molar-refractivity contribution in [2.45, 2.75) is 18.3 Å². The van der Waals surface area contributed by atoms with E-state index in [0.29, 0.717) is 5.69 Å². The van der Waals surface area contributed by atoms with Gasteiger partial charge in [0.05, 0.1) is 11.1 Å². The number of hydrogen-bond acceptors (Lipinski definition) is 2. The van der Waals surface area contributed by atoms with Gasteiger partial charge in [0.2, 0.25) is 5.91 Å². The summed E-state index contributed by atoms with van der Waals surface area (Å²) in [7, 11) is 0. The van der Waals surface area contributed by atoms with Crippen molar-refractivity contribution in [1.82, 2.24) is 0 Å². The molecule has 0 radical (unpaired) electrons. The summed E-state index contributed by atoms with van der Waals surface area (Å²) in [4.78, 5) is 12.4. The molecule has 0 saturated heterocycles. The fourth-order valence-corrected chi connectivity index (χ4v) is 2.38. The number of carbonyl (C=O) groups is 1. The monoisotopic (exact) mass is 270 g/mol. The van der Waals surface area contributed by atoms with Gasteiger partial charge in [-0.15, -0.1) is 0 Å². The lowest BCUT2D eigenvalue weighted by Gasteiger charge is -2.16. The third-order valence-electron chi connectivity index (χ3n) is 3.77. The fourth-order valence-electron chi connectivity index (χ4n) is 2.38. The fraction of sp³-hybridized carbons (Fsp3) is 0.188. The van der Waals surface area contributed by atoms with Gasteiger partial charge in [-0.25, -0.2) is 4.39 Å². The molecular weight excluding hydrogens is 255 g/mol. The highest BCUT2D eigenvalue weighted by molar-refractivity contribution is 6.01. The molecule has 0 aliphatic heterocycles. The highest BCUT2D eigenvalue weighted by Crippen LogP contribution is 2.49. The minimum absolute atomic E-state index is 0.160. The van der Waals surface area contributed by atoms with Crippen LogP contribution in [0.4, 0.5) is 15.8 Å². The minimum atomic E-state index is -0.532. The summed E-state index contributed by atoms with van der Waals surface area (Å²) < 4.78 is 13.6. The molecule has 0 heterocycles.